The van der Waals surface area contributed by atoms with Crippen molar-refractivity contribution >= 4 is 45.7 Å². The molecular weight excluding hydrogens is 654 g/mol. The van der Waals surface area contributed by atoms with Crippen molar-refractivity contribution in [1.29, 1.82) is 0 Å². The lowest BCUT2D eigenvalue weighted by Gasteiger charge is -2.24. The number of Topliss-reactive ketones (excluding diaryl/α,β-unsaturated/α-hetero) is 1. The molecule has 3 heterocycles. The third kappa shape index (κ3) is 7.05. The highest BCUT2D eigenvalue weighted by Crippen LogP contribution is 2.46. The predicted molar refractivity (Wildman–Crippen MR) is 183 cm³/mol. The number of aliphatic hydroxyl groups excluding tert-OH is 1. The molecule has 12 heteroatoms. The van der Waals surface area contributed by atoms with Crippen molar-refractivity contribution in [3.8, 4) is 17.2 Å². The smallest absolute Gasteiger partial charge is 0.301 e. The number of thioether (sulfide) groups is 1. The molecule has 0 saturated carbocycles. The van der Waals surface area contributed by atoms with Crippen LogP contribution in [0.25, 0.3) is 5.76 Å². The van der Waals surface area contributed by atoms with E-state index in [4.69, 9.17) is 14.2 Å². The minimum Gasteiger partial charge on any atom is -0.507 e. The van der Waals surface area contributed by atoms with Crippen LogP contribution in [0.15, 0.2) is 70.6 Å². The number of hydrogen-bond acceptors (Lipinski definition) is 10. The van der Waals surface area contributed by atoms with Gasteiger partial charge in [-0.15, -0.1) is 10.2 Å². The highest BCUT2D eigenvalue weighted by Gasteiger charge is 2.48. The van der Waals surface area contributed by atoms with Gasteiger partial charge in [0.2, 0.25) is 5.13 Å². The van der Waals surface area contributed by atoms with Gasteiger partial charge in [-0.05, 0) is 85.3 Å². The molecule has 2 unspecified atom stereocenters. The van der Waals surface area contributed by atoms with Crippen molar-refractivity contribution in [2.45, 2.75) is 62.8 Å². The fourth-order valence-corrected chi connectivity index (χ4v) is 7.46. The average Bonchev–Trinajstić information content (AvgIpc) is 3.75. The number of aromatic nitrogens is 2. The van der Waals surface area contributed by atoms with E-state index < -0.39 is 17.7 Å². The maximum Gasteiger partial charge on any atom is 0.301 e. The minimum absolute atomic E-state index is 0.00578. The van der Waals surface area contributed by atoms with Gasteiger partial charge in [-0.3, -0.25) is 14.5 Å². The molecule has 0 spiro atoms. The molecular formula is C36H36FN3O6S2. The van der Waals surface area contributed by atoms with Gasteiger partial charge in [0.1, 0.15) is 23.4 Å². The molecule has 0 bridgehead atoms. The molecule has 2 aliphatic heterocycles. The standard InChI is InChI=1S/C36H36FN3O6S2/c1-5-44-29-18-23(8-13-28(29)45-15-14-20(2)3)31-30(32(41)24-9-12-27-25(17-24)16-21(4)46-27)33(42)34(43)40(31)35-38-39-36(48-35)47-19-22-6-10-26(37)11-7-22/h6-13,17-18,20-21,31,41H,5,14-16,19H2,1-4H3. The fourth-order valence-electron chi connectivity index (χ4n) is 5.64. The lowest BCUT2D eigenvalue weighted by atomic mass is 9.94. The number of benzene rings is 3. The van der Waals surface area contributed by atoms with Gasteiger partial charge >= 0.3 is 5.91 Å². The van der Waals surface area contributed by atoms with Crippen molar-refractivity contribution in [2.24, 2.45) is 5.92 Å². The van der Waals surface area contributed by atoms with Crippen LogP contribution in [0.1, 0.15) is 62.4 Å². The Bertz CT molecular complexity index is 1860. The Morgan fingerprint density at radius 1 is 1.08 bits per heavy atom. The maximum absolute atomic E-state index is 13.8. The summed E-state index contributed by atoms with van der Waals surface area (Å²) in [5.41, 5.74) is 2.67. The Hall–Kier alpha value is -4.42. The summed E-state index contributed by atoms with van der Waals surface area (Å²) in [4.78, 5) is 28.9. The van der Waals surface area contributed by atoms with Crippen molar-refractivity contribution in [3.63, 3.8) is 0 Å². The molecule has 1 N–H and O–H groups in total. The van der Waals surface area contributed by atoms with Crippen LogP contribution in [0.2, 0.25) is 0 Å². The van der Waals surface area contributed by atoms with Crippen molar-refractivity contribution in [1.82, 2.24) is 10.2 Å². The van der Waals surface area contributed by atoms with E-state index in [1.165, 1.54) is 28.8 Å². The second-order valence-electron chi connectivity index (χ2n) is 12.1. The number of hydrogen-bond donors (Lipinski definition) is 1. The van der Waals surface area contributed by atoms with E-state index in [2.05, 4.69) is 24.0 Å². The summed E-state index contributed by atoms with van der Waals surface area (Å²) in [6, 6.07) is 15.7. The van der Waals surface area contributed by atoms with Crippen LogP contribution in [0.5, 0.6) is 17.2 Å². The lowest BCUT2D eigenvalue weighted by Crippen LogP contribution is -2.29. The number of fused-ring (bicyclic) bond motifs is 1. The highest BCUT2D eigenvalue weighted by molar-refractivity contribution is 8.00. The number of nitrogens with zero attached hydrogens (tertiary/aromatic N) is 3. The largest absolute Gasteiger partial charge is 0.507 e. The first-order valence-electron chi connectivity index (χ1n) is 15.8. The zero-order valence-corrected chi connectivity index (χ0v) is 28.7. The first-order chi connectivity index (χ1) is 23.1. The van der Waals surface area contributed by atoms with E-state index in [1.807, 2.05) is 13.8 Å². The lowest BCUT2D eigenvalue weighted by molar-refractivity contribution is -0.132. The molecule has 1 amide bonds. The summed E-state index contributed by atoms with van der Waals surface area (Å²) < 4.78 is 31.8. The predicted octanol–water partition coefficient (Wildman–Crippen LogP) is 7.74. The Morgan fingerprint density at radius 2 is 1.88 bits per heavy atom. The van der Waals surface area contributed by atoms with Gasteiger partial charge in [0.25, 0.3) is 5.78 Å². The van der Waals surface area contributed by atoms with Crippen molar-refractivity contribution < 1.29 is 33.3 Å². The van der Waals surface area contributed by atoms with Crippen LogP contribution in [0.3, 0.4) is 0 Å². The summed E-state index contributed by atoms with van der Waals surface area (Å²) >= 11 is 2.54. The Morgan fingerprint density at radius 3 is 2.62 bits per heavy atom. The zero-order valence-electron chi connectivity index (χ0n) is 27.1. The molecule has 1 aromatic heterocycles. The fraction of sp³-hybridized carbons (Fsp3) is 0.333. The van der Waals surface area contributed by atoms with Crippen molar-refractivity contribution in [3.05, 3.63) is 94.3 Å². The van der Waals surface area contributed by atoms with Crippen LogP contribution >= 0.6 is 23.1 Å². The van der Waals surface area contributed by atoms with E-state index in [0.29, 0.717) is 58.3 Å². The number of ether oxygens (including phenoxy) is 3. The molecule has 2 aliphatic rings. The highest BCUT2D eigenvalue weighted by atomic mass is 32.2. The molecule has 1 saturated heterocycles. The van der Waals surface area contributed by atoms with Gasteiger partial charge in [0, 0.05) is 17.7 Å². The molecule has 4 aromatic rings. The number of anilines is 1. The molecule has 48 heavy (non-hydrogen) atoms. The maximum atomic E-state index is 13.8. The minimum atomic E-state index is -1.03. The van der Waals surface area contributed by atoms with E-state index in [-0.39, 0.29) is 28.4 Å². The number of carbonyl (C=O) groups is 2. The summed E-state index contributed by atoms with van der Waals surface area (Å²) in [6.45, 7) is 8.93. The number of aliphatic hydroxyl groups is 1. The topological polar surface area (TPSA) is 111 Å². The van der Waals surface area contributed by atoms with E-state index in [1.54, 1.807) is 48.5 Å². The van der Waals surface area contributed by atoms with Crippen LogP contribution in [0.4, 0.5) is 9.52 Å². The third-order valence-electron chi connectivity index (χ3n) is 8.03. The zero-order chi connectivity index (χ0) is 33.9. The van der Waals surface area contributed by atoms with Gasteiger partial charge in [-0.1, -0.05) is 55.1 Å². The van der Waals surface area contributed by atoms with Gasteiger partial charge in [0.15, 0.2) is 15.8 Å². The average molecular weight is 690 g/mol. The second kappa shape index (κ2) is 14.4. The van der Waals surface area contributed by atoms with E-state index in [0.717, 1.165) is 34.6 Å². The molecule has 0 radical (unpaired) electrons. The van der Waals surface area contributed by atoms with Crippen LogP contribution in [-0.4, -0.2) is 46.3 Å². The van der Waals surface area contributed by atoms with Crippen molar-refractivity contribution in [2.75, 3.05) is 18.1 Å². The summed E-state index contributed by atoms with van der Waals surface area (Å²) in [7, 11) is 0. The van der Waals surface area contributed by atoms with E-state index in [9.17, 15) is 19.1 Å². The van der Waals surface area contributed by atoms with Crippen LogP contribution in [-0.2, 0) is 21.8 Å². The van der Waals surface area contributed by atoms with Gasteiger partial charge in [-0.2, -0.15) is 0 Å². The molecule has 3 aromatic carbocycles. The Kier molecular flexibility index (Phi) is 10.0. The Balaban J connectivity index is 1.40. The molecule has 250 valence electrons. The molecule has 2 atom stereocenters. The van der Waals surface area contributed by atoms with E-state index >= 15 is 0 Å². The SMILES string of the molecule is CCOc1cc(C2C(=C(O)c3ccc4c(c3)CC(C)O4)C(=O)C(=O)N2c2nnc(SCc3ccc(F)cc3)s2)ccc1OCCC(C)C. The summed E-state index contributed by atoms with van der Waals surface area (Å²) in [5.74, 6) is 0.408. The van der Waals surface area contributed by atoms with Gasteiger partial charge in [-0.25, -0.2) is 4.39 Å². The third-order valence-corrected chi connectivity index (χ3v) is 10.2. The molecule has 1 fully saturated rings. The normalized spacial score (nSPS) is 18.3. The monoisotopic (exact) mass is 689 g/mol. The number of rotatable bonds is 12. The number of halogens is 1. The quantitative estimate of drug-likeness (QED) is 0.0525. The first kappa shape index (κ1) is 33.5. The summed E-state index contributed by atoms with van der Waals surface area (Å²) in [6.07, 6.45) is 1.51. The second-order valence-corrected chi connectivity index (χ2v) is 14.2. The first-order valence-corrected chi connectivity index (χ1v) is 17.6. The van der Waals surface area contributed by atoms with Gasteiger partial charge < -0.3 is 19.3 Å². The molecule has 6 rings (SSSR count). The van der Waals surface area contributed by atoms with Gasteiger partial charge in [0.05, 0.1) is 24.8 Å². The summed E-state index contributed by atoms with van der Waals surface area (Å²) in [5, 5.41) is 20.5. The molecule has 9 nitrogen and oxygen atoms in total. The number of amides is 1. The number of ketones is 1. The Labute approximate surface area is 286 Å². The van der Waals surface area contributed by atoms with Crippen LogP contribution in [0, 0.1) is 11.7 Å². The molecule has 0 aliphatic carbocycles. The number of carbonyl (C=O) groups excluding carboxylic acids is 2. The van der Waals surface area contributed by atoms with Crippen LogP contribution < -0.4 is 19.1 Å².